The lowest BCUT2D eigenvalue weighted by Crippen LogP contribution is -2.53. The number of hydrogen-bond acceptors (Lipinski definition) is 6. The normalized spacial score (nSPS) is 15.0. The molecule has 1 N–H and O–H groups in total. The largest absolute Gasteiger partial charge is 0.486 e. The molecular weight excluding hydrogens is 522 g/mol. The molecule has 1 aliphatic heterocycles. The summed E-state index contributed by atoms with van der Waals surface area (Å²) in [6.45, 7) is 3.88. The highest BCUT2D eigenvalue weighted by Crippen LogP contribution is 2.36. The van der Waals surface area contributed by atoms with E-state index in [1.165, 1.54) is 29.2 Å². The third-order valence-electron chi connectivity index (χ3n) is 4.36. The van der Waals surface area contributed by atoms with Crippen LogP contribution in [-0.2, 0) is 16.2 Å². The van der Waals surface area contributed by atoms with Crippen LogP contribution in [0.15, 0.2) is 59.1 Å². The number of non-ortho nitro benzene ring substituents is 1. The van der Waals surface area contributed by atoms with Gasteiger partial charge in [0.2, 0.25) is 0 Å². The monoisotopic (exact) mass is 535 g/mol. The predicted octanol–water partition coefficient (Wildman–Crippen LogP) is 4.40. The zero-order valence-electron chi connectivity index (χ0n) is 16.3. The molecule has 0 aliphatic carbocycles. The molecule has 0 atom stereocenters. The van der Waals surface area contributed by atoms with Crippen molar-refractivity contribution in [2.75, 3.05) is 6.54 Å². The smallest absolute Gasteiger partial charge is 0.269 e. The summed E-state index contributed by atoms with van der Waals surface area (Å²) < 4.78 is 6.25. The minimum absolute atomic E-state index is 0.0148. The summed E-state index contributed by atoms with van der Waals surface area (Å²) in [4.78, 5) is 36.4. The lowest BCUT2D eigenvalue weighted by atomic mass is 10.1. The Kier molecular flexibility index (Phi) is 7.39. The molecule has 8 nitrogen and oxygen atoms in total. The minimum Gasteiger partial charge on any atom is -0.486 e. The number of carbonyl (C=O) groups is 2. The Bertz CT molecular complexity index is 1140. The molecule has 2 aromatic rings. The highest BCUT2D eigenvalue weighted by molar-refractivity contribution is 9.10. The first kappa shape index (κ1) is 23.6. The lowest BCUT2D eigenvalue weighted by Gasteiger charge is -2.27. The molecular formula is C21H15BrClN3O5S. The van der Waals surface area contributed by atoms with E-state index in [9.17, 15) is 19.7 Å². The van der Waals surface area contributed by atoms with Gasteiger partial charge in [0.25, 0.3) is 17.5 Å². The average molecular weight is 537 g/mol. The fourth-order valence-corrected chi connectivity index (χ4v) is 4.06. The van der Waals surface area contributed by atoms with Gasteiger partial charge < -0.3 is 4.74 Å². The van der Waals surface area contributed by atoms with Crippen LogP contribution in [-0.4, -0.2) is 33.3 Å². The van der Waals surface area contributed by atoms with Gasteiger partial charge in [-0.05, 0) is 69.6 Å². The van der Waals surface area contributed by atoms with E-state index in [-0.39, 0.29) is 34.5 Å². The Morgan fingerprint density at radius 1 is 1.28 bits per heavy atom. The number of hydrogen-bond donors (Lipinski definition) is 1. The number of carbonyl (C=O) groups excluding carboxylic acids is 2. The van der Waals surface area contributed by atoms with Crippen molar-refractivity contribution in [1.29, 1.82) is 0 Å². The second-order valence-corrected chi connectivity index (χ2v) is 8.20. The van der Waals surface area contributed by atoms with Gasteiger partial charge >= 0.3 is 0 Å². The summed E-state index contributed by atoms with van der Waals surface area (Å²) in [5, 5.41) is 13.5. The molecule has 2 aromatic carbocycles. The minimum atomic E-state index is -0.606. The number of amides is 2. The summed E-state index contributed by atoms with van der Waals surface area (Å²) in [5.74, 6) is -0.795. The summed E-state index contributed by atoms with van der Waals surface area (Å²) in [5.41, 5.74) is 1.10. The molecule has 1 aliphatic rings. The number of benzene rings is 2. The van der Waals surface area contributed by atoms with Gasteiger partial charge in [-0.15, -0.1) is 6.58 Å². The molecule has 11 heteroatoms. The number of halogens is 2. The van der Waals surface area contributed by atoms with Crippen LogP contribution >= 0.6 is 39.7 Å². The summed E-state index contributed by atoms with van der Waals surface area (Å²) in [7, 11) is 0. The van der Waals surface area contributed by atoms with E-state index in [1.54, 1.807) is 24.3 Å². The zero-order chi connectivity index (χ0) is 23.4. The maximum Gasteiger partial charge on any atom is 0.269 e. The molecule has 1 saturated heterocycles. The first-order valence-corrected chi connectivity index (χ1v) is 10.6. The van der Waals surface area contributed by atoms with E-state index in [4.69, 9.17) is 28.6 Å². The maximum atomic E-state index is 12.7. The van der Waals surface area contributed by atoms with Gasteiger partial charge in [0.1, 0.15) is 12.2 Å². The van der Waals surface area contributed by atoms with Gasteiger partial charge in [0.15, 0.2) is 10.9 Å². The number of nitro groups is 1. The van der Waals surface area contributed by atoms with Crippen molar-refractivity contribution >= 4 is 68.4 Å². The fraction of sp³-hybridized carbons (Fsp3) is 0.0952. The molecule has 0 spiro atoms. The van der Waals surface area contributed by atoms with Crippen molar-refractivity contribution < 1.29 is 19.2 Å². The Hall–Kier alpha value is -3.08. The van der Waals surface area contributed by atoms with Crippen molar-refractivity contribution in [1.82, 2.24) is 10.2 Å². The van der Waals surface area contributed by atoms with Crippen molar-refractivity contribution in [3.63, 3.8) is 0 Å². The van der Waals surface area contributed by atoms with Crippen LogP contribution in [0.5, 0.6) is 5.75 Å². The third kappa shape index (κ3) is 5.21. The summed E-state index contributed by atoms with van der Waals surface area (Å²) in [6, 6.07) is 9.15. The summed E-state index contributed by atoms with van der Waals surface area (Å²) >= 11 is 14.8. The van der Waals surface area contributed by atoms with E-state index in [2.05, 4.69) is 27.8 Å². The molecule has 2 amide bonds. The van der Waals surface area contributed by atoms with Crippen molar-refractivity contribution in [3.8, 4) is 5.75 Å². The Morgan fingerprint density at radius 2 is 1.97 bits per heavy atom. The van der Waals surface area contributed by atoms with Gasteiger partial charge in [-0.2, -0.15) is 0 Å². The van der Waals surface area contributed by atoms with Crippen LogP contribution in [0, 0.1) is 10.1 Å². The first-order valence-electron chi connectivity index (χ1n) is 9.06. The number of thiocarbonyl (C=S) groups is 1. The van der Waals surface area contributed by atoms with Gasteiger partial charge in [-0.1, -0.05) is 17.7 Å². The Labute approximate surface area is 201 Å². The average Bonchev–Trinajstić information content (AvgIpc) is 2.74. The predicted molar refractivity (Wildman–Crippen MR) is 127 cm³/mol. The standard InChI is InChI=1S/C21H15BrClN3O5S/c1-2-7-25-20(28)15(19(27)24-21(25)32)8-13-9-16(22)18(17(23)10-13)31-11-12-3-5-14(6-4-12)26(29)30/h2-6,8-10H,1,7,11H2,(H,24,27,32)/b15-8+. The molecule has 0 bridgehead atoms. The van der Waals surface area contributed by atoms with Crippen LogP contribution in [0.4, 0.5) is 5.69 Å². The van der Waals surface area contributed by atoms with Gasteiger partial charge in [0.05, 0.1) is 14.4 Å². The highest BCUT2D eigenvalue weighted by Gasteiger charge is 2.32. The number of ether oxygens (including phenoxy) is 1. The quantitative estimate of drug-likeness (QED) is 0.141. The number of rotatable bonds is 7. The van der Waals surface area contributed by atoms with Crippen LogP contribution in [0.3, 0.4) is 0 Å². The molecule has 32 heavy (non-hydrogen) atoms. The van der Waals surface area contributed by atoms with Crippen LogP contribution < -0.4 is 10.1 Å². The number of nitrogens with zero attached hydrogens (tertiary/aromatic N) is 2. The Morgan fingerprint density at radius 3 is 2.56 bits per heavy atom. The van der Waals surface area contributed by atoms with Gasteiger partial charge in [-0.3, -0.25) is 29.9 Å². The molecule has 0 saturated carbocycles. The van der Waals surface area contributed by atoms with E-state index < -0.39 is 16.7 Å². The van der Waals surface area contributed by atoms with E-state index in [1.807, 2.05) is 0 Å². The molecule has 0 aromatic heterocycles. The molecule has 164 valence electrons. The van der Waals surface area contributed by atoms with Crippen LogP contribution in [0.2, 0.25) is 5.02 Å². The molecule has 0 unspecified atom stereocenters. The molecule has 0 radical (unpaired) electrons. The van der Waals surface area contributed by atoms with Crippen molar-refractivity contribution in [3.05, 3.63) is 85.4 Å². The SMILES string of the molecule is C=CCN1C(=O)/C(=C/c2cc(Cl)c(OCc3ccc([N+](=O)[O-])cc3)c(Br)c2)C(=O)NC1=S. The molecule has 3 rings (SSSR count). The van der Waals surface area contributed by atoms with Gasteiger partial charge in [0, 0.05) is 18.7 Å². The van der Waals surface area contributed by atoms with E-state index in [0.717, 1.165) is 0 Å². The maximum absolute atomic E-state index is 12.7. The lowest BCUT2D eigenvalue weighted by molar-refractivity contribution is -0.384. The molecule has 1 fully saturated rings. The summed E-state index contributed by atoms with van der Waals surface area (Å²) in [6.07, 6.45) is 2.91. The first-order chi connectivity index (χ1) is 15.2. The van der Waals surface area contributed by atoms with E-state index >= 15 is 0 Å². The van der Waals surface area contributed by atoms with Crippen molar-refractivity contribution in [2.24, 2.45) is 0 Å². The van der Waals surface area contributed by atoms with Crippen molar-refractivity contribution in [2.45, 2.75) is 6.61 Å². The number of nitrogens with one attached hydrogen (secondary N) is 1. The van der Waals surface area contributed by atoms with Crippen LogP contribution in [0.25, 0.3) is 6.08 Å². The fourth-order valence-electron chi connectivity index (χ4n) is 2.83. The highest BCUT2D eigenvalue weighted by atomic mass is 79.9. The second kappa shape index (κ2) is 10.0. The topological polar surface area (TPSA) is 102 Å². The Balaban J connectivity index is 1.81. The molecule has 1 heterocycles. The number of nitro benzene ring substituents is 1. The van der Waals surface area contributed by atoms with Gasteiger partial charge in [-0.25, -0.2) is 0 Å². The van der Waals surface area contributed by atoms with E-state index in [0.29, 0.717) is 21.3 Å². The van der Waals surface area contributed by atoms with Crippen LogP contribution in [0.1, 0.15) is 11.1 Å². The zero-order valence-corrected chi connectivity index (χ0v) is 19.5. The third-order valence-corrected chi connectivity index (χ3v) is 5.55. The second-order valence-electron chi connectivity index (χ2n) is 6.55.